The topological polar surface area (TPSA) is 67.5 Å². The van der Waals surface area contributed by atoms with Crippen LogP contribution in [0.1, 0.15) is 10.4 Å². The molecule has 0 aliphatic carbocycles. The van der Waals surface area contributed by atoms with E-state index in [0.717, 1.165) is 0 Å². The van der Waals surface area contributed by atoms with E-state index in [9.17, 15) is 9.18 Å². The van der Waals surface area contributed by atoms with Crippen molar-refractivity contribution >= 4 is 39.1 Å². The summed E-state index contributed by atoms with van der Waals surface area (Å²) >= 11 is 9.31. The summed E-state index contributed by atoms with van der Waals surface area (Å²) < 4.78 is 15.5. The molecule has 0 fully saturated rings. The molecular formula is C13H6BrClFN3O2. The lowest BCUT2D eigenvalue weighted by molar-refractivity contribution is 0.0696. The number of carbonyl (C=O) groups is 1. The second-order valence-electron chi connectivity index (χ2n) is 4.22. The molecule has 2 heterocycles. The molecule has 0 bridgehead atoms. The van der Waals surface area contributed by atoms with Crippen molar-refractivity contribution in [2.45, 2.75) is 0 Å². The number of rotatable bonds is 2. The molecular weight excluding hydrogens is 365 g/mol. The van der Waals surface area contributed by atoms with Crippen LogP contribution >= 0.6 is 27.5 Å². The van der Waals surface area contributed by atoms with Crippen LogP contribution in [0.5, 0.6) is 0 Å². The fourth-order valence-electron chi connectivity index (χ4n) is 1.92. The van der Waals surface area contributed by atoms with Gasteiger partial charge in [-0.3, -0.25) is 4.40 Å². The van der Waals surface area contributed by atoms with Crippen LogP contribution in [0.15, 0.2) is 34.9 Å². The highest BCUT2D eigenvalue weighted by molar-refractivity contribution is 9.10. The number of halogens is 3. The van der Waals surface area contributed by atoms with Crippen LogP contribution in [0, 0.1) is 5.82 Å². The number of fused-ring (bicyclic) bond motifs is 1. The Hall–Kier alpha value is -1.99. The van der Waals surface area contributed by atoms with Gasteiger partial charge in [0.25, 0.3) is 0 Å². The second kappa shape index (κ2) is 5.09. The largest absolute Gasteiger partial charge is 0.478 e. The summed E-state index contributed by atoms with van der Waals surface area (Å²) in [5.74, 6) is -1.27. The van der Waals surface area contributed by atoms with Crippen molar-refractivity contribution in [2.75, 3.05) is 0 Å². The van der Waals surface area contributed by atoms with Gasteiger partial charge < -0.3 is 5.11 Å². The molecule has 0 saturated carbocycles. The summed E-state index contributed by atoms with van der Waals surface area (Å²) in [6, 6.07) is 5.40. The Morgan fingerprint density at radius 2 is 2.10 bits per heavy atom. The highest BCUT2D eigenvalue weighted by atomic mass is 79.9. The summed E-state index contributed by atoms with van der Waals surface area (Å²) in [6.45, 7) is 0. The predicted octanol–water partition coefficient (Wildman–Crippen LogP) is 3.65. The van der Waals surface area contributed by atoms with Gasteiger partial charge in [0, 0.05) is 16.2 Å². The first-order valence-electron chi connectivity index (χ1n) is 5.70. The van der Waals surface area contributed by atoms with Crippen molar-refractivity contribution in [3.63, 3.8) is 0 Å². The molecule has 2 aromatic heterocycles. The van der Waals surface area contributed by atoms with E-state index in [-0.39, 0.29) is 10.6 Å². The minimum Gasteiger partial charge on any atom is -0.478 e. The molecule has 0 atom stereocenters. The van der Waals surface area contributed by atoms with E-state index >= 15 is 0 Å². The molecule has 8 heteroatoms. The van der Waals surface area contributed by atoms with Crippen LogP contribution in [0.2, 0.25) is 5.02 Å². The molecule has 0 aliphatic rings. The summed E-state index contributed by atoms with van der Waals surface area (Å²) in [5.41, 5.74) is 0.731. The van der Waals surface area contributed by atoms with E-state index in [2.05, 4.69) is 26.1 Å². The van der Waals surface area contributed by atoms with Crippen molar-refractivity contribution in [3.8, 4) is 11.4 Å². The van der Waals surface area contributed by atoms with E-state index < -0.39 is 11.8 Å². The number of benzene rings is 1. The average Bonchev–Trinajstić information content (AvgIpc) is 2.85. The van der Waals surface area contributed by atoms with Crippen LogP contribution < -0.4 is 0 Å². The Balaban J connectivity index is 2.33. The van der Waals surface area contributed by atoms with E-state index in [1.165, 1.54) is 34.9 Å². The molecule has 0 spiro atoms. The maximum Gasteiger partial charge on any atom is 0.337 e. The maximum atomic E-state index is 13.4. The van der Waals surface area contributed by atoms with Crippen LogP contribution in [0.3, 0.4) is 0 Å². The Labute approximate surface area is 131 Å². The Morgan fingerprint density at radius 3 is 2.81 bits per heavy atom. The van der Waals surface area contributed by atoms with Crippen LogP contribution in [0.4, 0.5) is 4.39 Å². The first-order chi connectivity index (χ1) is 9.97. The maximum absolute atomic E-state index is 13.4. The zero-order valence-corrected chi connectivity index (χ0v) is 12.6. The number of carboxylic acids is 1. The molecule has 0 aliphatic heterocycles. The SMILES string of the molecule is O=C(O)c1cc(Cl)c2nnc(-c3cc(F)ccc3Br)n2c1. The van der Waals surface area contributed by atoms with Gasteiger partial charge in [-0.15, -0.1) is 10.2 Å². The number of aromatic nitrogens is 3. The fourth-order valence-corrected chi connectivity index (χ4v) is 2.59. The number of carboxylic acid groups (broad SMARTS) is 1. The monoisotopic (exact) mass is 369 g/mol. The van der Waals surface area contributed by atoms with Gasteiger partial charge in [-0.1, -0.05) is 27.5 Å². The number of nitrogens with zero attached hydrogens (tertiary/aromatic N) is 3. The normalized spacial score (nSPS) is 11.0. The summed E-state index contributed by atoms with van der Waals surface area (Å²) in [7, 11) is 0. The van der Waals surface area contributed by atoms with E-state index in [4.69, 9.17) is 16.7 Å². The van der Waals surface area contributed by atoms with Gasteiger partial charge in [-0.2, -0.15) is 0 Å². The van der Waals surface area contributed by atoms with Crippen molar-refractivity contribution in [1.29, 1.82) is 0 Å². The third-order valence-electron chi connectivity index (χ3n) is 2.88. The Bertz CT molecular complexity index is 881. The lowest BCUT2D eigenvalue weighted by atomic mass is 10.2. The first-order valence-corrected chi connectivity index (χ1v) is 6.87. The quantitative estimate of drug-likeness (QED) is 0.748. The number of hydrogen-bond acceptors (Lipinski definition) is 3. The zero-order valence-electron chi connectivity index (χ0n) is 10.2. The third-order valence-corrected chi connectivity index (χ3v) is 3.85. The molecule has 21 heavy (non-hydrogen) atoms. The van der Waals surface area contributed by atoms with E-state index in [1.54, 1.807) is 0 Å². The number of pyridine rings is 1. The molecule has 0 amide bonds. The molecule has 106 valence electrons. The summed E-state index contributed by atoms with van der Waals surface area (Å²) in [5, 5.41) is 17.1. The predicted molar refractivity (Wildman–Crippen MR) is 78.1 cm³/mol. The minimum absolute atomic E-state index is 0.0129. The smallest absolute Gasteiger partial charge is 0.337 e. The standard InChI is InChI=1S/C13H6BrClFN3O2/c14-9-2-1-7(16)4-8(9)11-17-18-12-10(15)3-6(13(20)21)5-19(11)12/h1-5H,(H,20,21). The van der Waals surface area contributed by atoms with E-state index in [1.807, 2.05) is 0 Å². The van der Waals surface area contributed by atoms with Gasteiger partial charge in [-0.05, 0) is 24.3 Å². The molecule has 1 N–H and O–H groups in total. The third kappa shape index (κ3) is 2.38. The highest BCUT2D eigenvalue weighted by Crippen LogP contribution is 2.29. The number of aromatic carboxylic acids is 1. The van der Waals surface area contributed by atoms with Crippen molar-refractivity contribution < 1.29 is 14.3 Å². The van der Waals surface area contributed by atoms with Gasteiger partial charge in [-0.25, -0.2) is 9.18 Å². The van der Waals surface area contributed by atoms with Crippen molar-refractivity contribution in [2.24, 2.45) is 0 Å². The summed E-state index contributed by atoms with van der Waals surface area (Å²) in [4.78, 5) is 11.1. The van der Waals surface area contributed by atoms with Crippen LogP contribution in [0.25, 0.3) is 17.0 Å². The van der Waals surface area contributed by atoms with Crippen molar-refractivity contribution in [1.82, 2.24) is 14.6 Å². The molecule has 1 aromatic carbocycles. The fraction of sp³-hybridized carbons (Fsp3) is 0. The molecule has 0 saturated heterocycles. The van der Waals surface area contributed by atoms with Gasteiger partial charge in [0.05, 0.1) is 10.6 Å². The van der Waals surface area contributed by atoms with Crippen LogP contribution in [-0.2, 0) is 0 Å². The van der Waals surface area contributed by atoms with Gasteiger partial charge in [0.2, 0.25) is 0 Å². The van der Waals surface area contributed by atoms with Crippen LogP contribution in [-0.4, -0.2) is 25.7 Å². The average molecular weight is 371 g/mol. The Kier molecular flexibility index (Phi) is 3.38. The molecule has 3 rings (SSSR count). The molecule has 3 aromatic rings. The first kappa shape index (κ1) is 14.0. The van der Waals surface area contributed by atoms with Gasteiger partial charge in [0.1, 0.15) is 5.82 Å². The lowest BCUT2D eigenvalue weighted by Crippen LogP contribution is -2.00. The Morgan fingerprint density at radius 1 is 1.33 bits per heavy atom. The minimum atomic E-state index is -1.13. The van der Waals surface area contributed by atoms with Gasteiger partial charge in [0.15, 0.2) is 11.5 Å². The molecule has 5 nitrogen and oxygen atoms in total. The number of hydrogen-bond donors (Lipinski definition) is 1. The molecule has 0 radical (unpaired) electrons. The lowest BCUT2D eigenvalue weighted by Gasteiger charge is -2.05. The molecule has 0 unspecified atom stereocenters. The van der Waals surface area contributed by atoms with Gasteiger partial charge >= 0.3 is 5.97 Å². The summed E-state index contributed by atoms with van der Waals surface area (Å²) in [6.07, 6.45) is 1.34. The van der Waals surface area contributed by atoms with Crippen molar-refractivity contribution in [3.05, 3.63) is 51.3 Å². The van der Waals surface area contributed by atoms with E-state index in [0.29, 0.717) is 21.5 Å². The second-order valence-corrected chi connectivity index (χ2v) is 5.48. The highest BCUT2D eigenvalue weighted by Gasteiger charge is 2.16. The zero-order chi connectivity index (χ0) is 15.1.